The Morgan fingerprint density at radius 3 is 2.67 bits per heavy atom. The van der Waals surface area contributed by atoms with E-state index in [1.54, 1.807) is 24.6 Å². The van der Waals surface area contributed by atoms with Gasteiger partial charge >= 0.3 is 0 Å². The Balaban J connectivity index is 1.43. The minimum atomic E-state index is -0.341. The summed E-state index contributed by atoms with van der Waals surface area (Å²) in [5.41, 5.74) is 2.72. The van der Waals surface area contributed by atoms with Gasteiger partial charge in [-0.3, -0.25) is 4.79 Å². The molecule has 0 saturated carbocycles. The molecule has 0 unspecified atom stereocenters. The zero-order chi connectivity index (χ0) is 23.2. The van der Waals surface area contributed by atoms with Crippen LogP contribution in [0.4, 0.5) is 4.39 Å². The number of ether oxygens (including phenoxy) is 2. The van der Waals surface area contributed by atoms with Crippen molar-refractivity contribution in [3.8, 4) is 22.1 Å². The Labute approximate surface area is 199 Å². The van der Waals surface area contributed by atoms with E-state index in [0.717, 1.165) is 11.1 Å². The fourth-order valence-corrected chi connectivity index (χ4v) is 4.15. The molecule has 0 atom stereocenters. The van der Waals surface area contributed by atoms with Crippen molar-refractivity contribution in [3.63, 3.8) is 0 Å². The number of halogens is 2. The van der Waals surface area contributed by atoms with Gasteiger partial charge in [-0.25, -0.2) is 9.37 Å². The lowest BCUT2D eigenvalue weighted by Gasteiger charge is -2.12. The minimum Gasteiger partial charge on any atom is -0.493 e. The lowest BCUT2D eigenvalue weighted by molar-refractivity contribution is 0.0946. The van der Waals surface area contributed by atoms with Crippen LogP contribution in [0.3, 0.4) is 0 Å². The van der Waals surface area contributed by atoms with Crippen LogP contribution >= 0.6 is 22.9 Å². The van der Waals surface area contributed by atoms with Crippen LogP contribution in [0, 0.1) is 5.82 Å². The largest absolute Gasteiger partial charge is 0.493 e. The second-order valence-corrected chi connectivity index (χ2v) is 8.43. The zero-order valence-electron chi connectivity index (χ0n) is 17.7. The van der Waals surface area contributed by atoms with Gasteiger partial charge in [0.1, 0.15) is 23.1 Å². The molecule has 0 aliphatic rings. The topological polar surface area (TPSA) is 60.5 Å². The van der Waals surface area contributed by atoms with Crippen molar-refractivity contribution in [2.24, 2.45) is 0 Å². The molecule has 4 aromatic rings. The molecule has 1 N–H and O–H groups in total. The first-order valence-electron chi connectivity index (χ1n) is 10.1. The second-order valence-electron chi connectivity index (χ2n) is 7.13. The smallest absolute Gasteiger partial charge is 0.271 e. The third-order valence-corrected chi connectivity index (χ3v) is 5.90. The first-order valence-corrected chi connectivity index (χ1v) is 11.3. The Morgan fingerprint density at radius 1 is 1.06 bits per heavy atom. The highest BCUT2D eigenvalue weighted by molar-refractivity contribution is 7.13. The molecule has 33 heavy (non-hydrogen) atoms. The molecule has 5 nitrogen and oxygen atoms in total. The van der Waals surface area contributed by atoms with Crippen LogP contribution in [0.15, 0.2) is 72.1 Å². The molecule has 0 aliphatic carbocycles. The number of methoxy groups -OCH3 is 1. The monoisotopic (exact) mass is 482 g/mol. The number of thiazole rings is 1. The summed E-state index contributed by atoms with van der Waals surface area (Å²) in [5.74, 6) is 0.481. The maximum atomic E-state index is 13.3. The summed E-state index contributed by atoms with van der Waals surface area (Å²) in [7, 11) is 1.57. The van der Waals surface area contributed by atoms with E-state index in [1.807, 2.05) is 42.5 Å². The highest BCUT2D eigenvalue weighted by Gasteiger charge is 2.14. The Kier molecular flexibility index (Phi) is 7.22. The van der Waals surface area contributed by atoms with Crippen LogP contribution in [-0.4, -0.2) is 18.0 Å². The fourth-order valence-electron chi connectivity index (χ4n) is 3.14. The van der Waals surface area contributed by atoms with Crippen molar-refractivity contribution in [2.45, 2.75) is 13.2 Å². The third-order valence-electron chi connectivity index (χ3n) is 4.77. The molecular formula is C25H20ClFN2O3S. The van der Waals surface area contributed by atoms with Crippen LogP contribution < -0.4 is 14.8 Å². The first-order chi connectivity index (χ1) is 16.0. The van der Waals surface area contributed by atoms with Crippen LogP contribution in [-0.2, 0) is 13.2 Å². The van der Waals surface area contributed by atoms with E-state index < -0.39 is 0 Å². The van der Waals surface area contributed by atoms with E-state index in [4.69, 9.17) is 21.1 Å². The minimum absolute atomic E-state index is 0.218. The van der Waals surface area contributed by atoms with Gasteiger partial charge in [0, 0.05) is 22.5 Å². The average molecular weight is 483 g/mol. The molecular weight excluding hydrogens is 463 g/mol. The van der Waals surface area contributed by atoms with E-state index in [2.05, 4.69) is 10.3 Å². The molecule has 0 bridgehead atoms. The van der Waals surface area contributed by atoms with E-state index >= 15 is 0 Å². The normalized spacial score (nSPS) is 10.6. The van der Waals surface area contributed by atoms with Gasteiger partial charge in [-0.05, 0) is 53.6 Å². The predicted octanol–water partition coefficient (Wildman–Crippen LogP) is 6.12. The number of amides is 1. The maximum absolute atomic E-state index is 13.3. The first kappa shape index (κ1) is 22.8. The maximum Gasteiger partial charge on any atom is 0.271 e. The van der Waals surface area contributed by atoms with Crippen molar-refractivity contribution in [1.82, 2.24) is 10.3 Å². The standard InChI is InChI=1S/C25H20ClFN2O3S/c1-31-23-12-18(8-9-22(23)32-14-17-5-2-6-19(26)10-17)25-29-21(15-33-25)24(30)28-13-16-4-3-7-20(27)11-16/h2-12,15H,13-14H2,1H3,(H,28,30). The van der Waals surface area contributed by atoms with E-state index in [1.165, 1.54) is 23.5 Å². The predicted molar refractivity (Wildman–Crippen MR) is 127 cm³/mol. The Morgan fingerprint density at radius 2 is 1.88 bits per heavy atom. The average Bonchev–Trinajstić information content (AvgIpc) is 3.32. The van der Waals surface area contributed by atoms with Crippen LogP contribution in [0.2, 0.25) is 5.02 Å². The molecule has 1 heterocycles. The number of rotatable bonds is 8. The summed E-state index contributed by atoms with van der Waals surface area (Å²) in [4.78, 5) is 16.9. The molecule has 0 aliphatic heterocycles. The number of hydrogen-bond acceptors (Lipinski definition) is 5. The molecule has 0 fully saturated rings. The van der Waals surface area contributed by atoms with Crippen molar-refractivity contribution < 1.29 is 18.7 Å². The van der Waals surface area contributed by atoms with Gasteiger partial charge in [0.2, 0.25) is 0 Å². The highest BCUT2D eigenvalue weighted by Crippen LogP contribution is 2.34. The van der Waals surface area contributed by atoms with Gasteiger partial charge in [0.05, 0.1) is 7.11 Å². The lowest BCUT2D eigenvalue weighted by Crippen LogP contribution is -2.23. The number of hydrogen-bond donors (Lipinski definition) is 1. The number of carbonyl (C=O) groups is 1. The van der Waals surface area contributed by atoms with E-state index in [9.17, 15) is 9.18 Å². The van der Waals surface area contributed by atoms with Crippen LogP contribution in [0.1, 0.15) is 21.6 Å². The summed E-state index contributed by atoms with van der Waals surface area (Å²) >= 11 is 7.37. The molecule has 1 amide bonds. The van der Waals surface area contributed by atoms with Gasteiger partial charge in [-0.1, -0.05) is 35.9 Å². The van der Waals surface area contributed by atoms with Gasteiger partial charge < -0.3 is 14.8 Å². The molecule has 8 heteroatoms. The summed E-state index contributed by atoms with van der Waals surface area (Å²) in [6, 6.07) is 19.1. The number of carbonyl (C=O) groups excluding carboxylic acids is 1. The van der Waals surface area contributed by atoms with Gasteiger partial charge in [0.15, 0.2) is 11.5 Å². The molecule has 1 aromatic heterocycles. The number of nitrogens with one attached hydrogen (secondary N) is 1. The second kappa shape index (κ2) is 10.5. The van der Waals surface area contributed by atoms with Crippen LogP contribution in [0.25, 0.3) is 10.6 Å². The van der Waals surface area contributed by atoms with E-state index in [0.29, 0.717) is 39.4 Å². The molecule has 0 saturated heterocycles. The lowest BCUT2D eigenvalue weighted by atomic mass is 10.2. The van der Waals surface area contributed by atoms with Crippen molar-refractivity contribution >= 4 is 28.8 Å². The SMILES string of the molecule is COc1cc(-c2nc(C(=O)NCc3cccc(F)c3)cs2)ccc1OCc1cccc(Cl)c1. The summed E-state index contributed by atoms with van der Waals surface area (Å²) < 4.78 is 24.7. The summed E-state index contributed by atoms with van der Waals surface area (Å²) in [6.45, 7) is 0.569. The van der Waals surface area contributed by atoms with Gasteiger partial charge in [-0.15, -0.1) is 11.3 Å². The molecule has 0 spiro atoms. The molecule has 3 aromatic carbocycles. The molecule has 4 rings (SSSR count). The van der Waals surface area contributed by atoms with E-state index in [-0.39, 0.29) is 18.3 Å². The number of nitrogens with zero attached hydrogens (tertiary/aromatic N) is 1. The zero-order valence-corrected chi connectivity index (χ0v) is 19.3. The number of aromatic nitrogens is 1. The molecule has 0 radical (unpaired) electrons. The summed E-state index contributed by atoms with van der Waals surface area (Å²) in [5, 5.41) is 5.77. The van der Waals surface area contributed by atoms with Gasteiger partial charge in [0.25, 0.3) is 5.91 Å². The Bertz CT molecular complexity index is 1280. The molecule has 168 valence electrons. The van der Waals surface area contributed by atoms with Crippen molar-refractivity contribution in [2.75, 3.05) is 7.11 Å². The summed E-state index contributed by atoms with van der Waals surface area (Å²) in [6.07, 6.45) is 0. The van der Waals surface area contributed by atoms with Gasteiger partial charge in [-0.2, -0.15) is 0 Å². The van der Waals surface area contributed by atoms with Crippen molar-refractivity contribution in [3.05, 3.63) is 99.8 Å². The number of benzene rings is 3. The highest BCUT2D eigenvalue weighted by atomic mass is 35.5. The quantitative estimate of drug-likeness (QED) is 0.328. The van der Waals surface area contributed by atoms with Crippen LogP contribution in [0.5, 0.6) is 11.5 Å². The Hall–Kier alpha value is -3.42. The fraction of sp³-hybridized carbons (Fsp3) is 0.120. The third kappa shape index (κ3) is 5.88. The van der Waals surface area contributed by atoms with Crippen molar-refractivity contribution in [1.29, 1.82) is 0 Å².